The molecule has 0 aromatic carbocycles. The number of ether oxygens (including phenoxy) is 1. The molecule has 4 saturated heterocycles. The van der Waals surface area contributed by atoms with Crippen LogP contribution in [0.3, 0.4) is 0 Å². The molecular weight excluding hydrogens is 1290 g/mol. The maximum Gasteiger partial charge on any atom is 0.248 e. The van der Waals surface area contributed by atoms with E-state index in [0.717, 1.165) is 77.0 Å². The highest BCUT2D eigenvalue weighted by molar-refractivity contribution is 6.20. The number of rotatable bonds is 11. The minimum absolute atomic E-state index is 0.0585. The van der Waals surface area contributed by atoms with Gasteiger partial charge >= 0.3 is 0 Å². The molecule has 0 aromatic rings. The first kappa shape index (κ1) is 78.6. The Hall–Kier alpha value is -6.11. The fourth-order valence-corrected chi connectivity index (χ4v) is 17.5. The van der Waals surface area contributed by atoms with Gasteiger partial charge in [-0.25, -0.2) is 0 Å². The molecule has 8 fully saturated rings. The summed E-state index contributed by atoms with van der Waals surface area (Å²) < 4.78 is 5.91. The van der Waals surface area contributed by atoms with Gasteiger partial charge in [-0.2, -0.15) is 0 Å². The molecule has 10 atom stereocenters. The second-order valence-corrected chi connectivity index (χ2v) is 31.9. The molecule has 26 heteroatoms. The summed E-state index contributed by atoms with van der Waals surface area (Å²) in [7, 11) is 10.4. The lowest BCUT2D eigenvalue weighted by Gasteiger charge is -2.44. The van der Waals surface area contributed by atoms with Crippen LogP contribution in [0, 0.1) is 29.6 Å². The number of nitrogens with one attached hydrogen (secondary N) is 3. The summed E-state index contributed by atoms with van der Waals surface area (Å²) in [5.74, 6) is -7.20. The smallest absolute Gasteiger partial charge is 0.248 e. The number of hydrogen-bond donors (Lipinski definition) is 3. The van der Waals surface area contributed by atoms with Crippen LogP contribution >= 0.6 is 11.6 Å². The van der Waals surface area contributed by atoms with Crippen molar-refractivity contribution in [2.45, 2.75) is 273 Å². The Kier molecular flexibility index (Phi) is 28.3. The monoisotopic (exact) mass is 1410 g/mol. The van der Waals surface area contributed by atoms with Crippen LogP contribution in [-0.4, -0.2) is 269 Å². The van der Waals surface area contributed by atoms with Gasteiger partial charge in [0.1, 0.15) is 47.8 Å². The highest BCUT2D eigenvalue weighted by atomic mass is 35.5. The first-order valence-electron chi connectivity index (χ1n) is 37.6. The number of hydrogen-bond acceptors (Lipinski definition) is 13. The number of amides is 12. The van der Waals surface area contributed by atoms with Gasteiger partial charge in [-0.1, -0.05) is 98.3 Å². The van der Waals surface area contributed by atoms with E-state index in [9.17, 15) is 28.8 Å². The average Bonchev–Trinajstić information content (AvgIpc) is 1.75. The van der Waals surface area contributed by atoms with Crippen LogP contribution in [0.25, 0.3) is 0 Å². The molecule has 0 radical (unpaired) electrons. The van der Waals surface area contributed by atoms with Gasteiger partial charge in [0.2, 0.25) is 70.9 Å². The van der Waals surface area contributed by atoms with Crippen molar-refractivity contribution in [2.75, 3.05) is 88.7 Å². The number of carbonyl (C=O) groups excluding carboxylic acids is 12. The van der Waals surface area contributed by atoms with E-state index in [0.29, 0.717) is 64.2 Å². The molecule has 12 amide bonds. The minimum atomic E-state index is -1.47. The Morgan fingerprint density at radius 3 is 1.78 bits per heavy atom. The van der Waals surface area contributed by atoms with E-state index in [2.05, 4.69) is 16.0 Å². The van der Waals surface area contributed by atoms with E-state index in [4.69, 9.17) is 16.3 Å². The quantitative estimate of drug-likeness (QED) is 0.228. The molecule has 8 aliphatic rings. The van der Waals surface area contributed by atoms with E-state index < -0.39 is 151 Å². The van der Waals surface area contributed by atoms with E-state index >= 15 is 28.8 Å². The molecule has 1 spiro atoms. The van der Waals surface area contributed by atoms with Crippen molar-refractivity contribution in [3.05, 3.63) is 0 Å². The van der Waals surface area contributed by atoms with Crippen molar-refractivity contribution < 1.29 is 62.3 Å². The van der Waals surface area contributed by atoms with Crippen LogP contribution in [-0.2, 0) is 62.3 Å². The van der Waals surface area contributed by atoms with Crippen molar-refractivity contribution in [2.24, 2.45) is 29.6 Å². The summed E-state index contributed by atoms with van der Waals surface area (Å²) in [6.45, 7) is 6.83. The molecule has 2 unspecified atom stereocenters. The van der Waals surface area contributed by atoms with Crippen LogP contribution in [0.4, 0.5) is 0 Å². The zero-order chi connectivity index (χ0) is 72.2. The minimum Gasteiger partial charge on any atom is -0.377 e. The Balaban J connectivity index is 1.16. The molecule has 3 N–H and O–H groups in total. The van der Waals surface area contributed by atoms with Gasteiger partial charge in [-0.3, -0.25) is 57.5 Å². The van der Waals surface area contributed by atoms with Crippen molar-refractivity contribution in [3.63, 3.8) is 0 Å². The van der Waals surface area contributed by atoms with Crippen molar-refractivity contribution >= 4 is 82.5 Å². The predicted molar refractivity (Wildman–Crippen MR) is 374 cm³/mol. The zero-order valence-electron chi connectivity index (χ0n) is 61.4. The average molecular weight is 1410 g/mol. The SMILES string of the molecule is CC[C@H](C)[C@@H]1NC(=O)[C@H](CC(C)C)N(C)C(=O)C[C@@H](C(=O)N2C3CCC2COC3)N(C)C(=O)[C@H](C2CCCCC2)N(C)C(=O)C2(CCCC2)NC(=O)[C@@H]2CCCN2C(=O)[C@H](CCC2CCC(Cl)CC2)NC(=O)CN(C)C(=O)[C@H](CC2CCCCC2)N(C)C(=O)CN(C)C(=O)CN(C)C1=O. The lowest BCUT2D eigenvalue weighted by Crippen LogP contribution is -2.65. The van der Waals surface area contributed by atoms with E-state index in [-0.39, 0.29) is 93.0 Å². The molecule has 4 heterocycles. The van der Waals surface area contributed by atoms with Crippen molar-refractivity contribution in [1.29, 1.82) is 0 Å². The Morgan fingerprint density at radius 1 is 0.566 bits per heavy atom. The maximum absolute atomic E-state index is 16.0. The van der Waals surface area contributed by atoms with Gasteiger partial charge in [0.25, 0.3) is 0 Å². The number of halogens is 1. The molecule has 25 nitrogen and oxygen atoms in total. The summed E-state index contributed by atoms with van der Waals surface area (Å²) >= 11 is 6.54. The number of likely N-dealkylation sites (N-methyl/N-ethyl adjacent to an activating group) is 7. The second-order valence-electron chi connectivity index (χ2n) is 31.3. The number of alkyl halides is 1. The second kappa shape index (κ2) is 35.7. The molecule has 4 aliphatic carbocycles. The Bertz CT molecular complexity index is 2860. The third-order valence-corrected chi connectivity index (χ3v) is 24.2. The van der Waals surface area contributed by atoms with E-state index in [1.54, 1.807) is 18.9 Å². The van der Waals surface area contributed by atoms with Gasteiger partial charge in [0, 0.05) is 61.3 Å². The van der Waals surface area contributed by atoms with Crippen molar-refractivity contribution in [1.82, 2.24) is 60.0 Å². The fraction of sp³-hybridized carbons (Fsp3) is 0.836. The van der Waals surface area contributed by atoms with Gasteiger partial charge in [-0.15, -0.1) is 11.6 Å². The van der Waals surface area contributed by atoms with Crippen LogP contribution in [0.2, 0.25) is 0 Å². The fourth-order valence-electron chi connectivity index (χ4n) is 17.2. The van der Waals surface area contributed by atoms with Crippen LogP contribution < -0.4 is 16.0 Å². The predicted octanol–water partition coefficient (Wildman–Crippen LogP) is 5.07. The normalized spacial score (nSPS) is 31.3. The zero-order valence-corrected chi connectivity index (χ0v) is 62.2. The summed E-state index contributed by atoms with van der Waals surface area (Å²) in [5, 5.41) is 9.19. The van der Waals surface area contributed by atoms with Gasteiger partial charge < -0.3 is 64.8 Å². The van der Waals surface area contributed by atoms with Crippen molar-refractivity contribution in [3.8, 4) is 0 Å². The number of fused-ring (bicyclic) bond motifs is 3. The Morgan fingerprint density at radius 2 is 1.16 bits per heavy atom. The first-order chi connectivity index (χ1) is 47.0. The number of carbonyl (C=O) groups is 12. The Labute approximate surface area is 593 Å². The van der Waals surface area contributed by atoms with Crippen LogP contribution in [0.5, 0.6) is 0 Å². The third kappa shape index (κ3) is 19.3. The van der Waals surface area contributed by atoms with Crippen LogP contribution in [0.15, 0.2) is 0 Å². The molecule has 0 aromatic heterocycles. The molecule has 2 bridgehead atoms. The largest absolute Gasteiger partial charge is 0.377 e. The standard InChI is InChI=1S/C73H119ClN12O13/c1-12-47(4)63-70(96)80(7)42-61(89)78(5)43-62(90)82(9)57(39-49-22-15-13-16-23-49)68(94)79(6)41-59(87)75-54(34-29-48-27-30-51(74)31-28-48)67(93)85-37-21-26-55(85)66(92)77-73(35-19-20-36-73)72(98)84(11)64(50-24-17-14-18-25-50)71(97)83(10)58(69(95)86-52-32-33-53(86)45-99-44-52)40-60(88)81(8)56(38-46(2)3)65(91)76-63/h46-58,63-64H,12-45H2,1-11H3,(H,75,87)(H,76,91)(H,77,92)/t47-,48?,51?,52?,53?,54-,55-,56-,57-,58-,63-,64-/m0/s1. The molecule has 556 valence electrons. The highest BCUT2D eigenvalue weighted by Crippen LogP contribution is 2.39. The summed E-state index contributed by atoms with van der Waals surface area (Å²) in [6.07, 6.45) is 16.7. The molecule has 4 aliphatic heterocycles. The molecule has 4 saturated carbocycles. The van der Waals surface area contributed by atoms with Gasteiger partial charge in [0.05, 0.1) is 51.4 Å². The van der Waals surface area contributed by atoms with E-state index in [1.807, 2.05) is 20.8 Å². The third-order valence-electron chi connectivity index (χ3n) is 23.8. The summed E-state index contributed by atoms with van der Waals surface area (Å²) in [6, 6.07) is -8.58. The summed E-state index contributed by atoms with van der Waals surface area (Å²) in [4.78, 5) is 193. The van der Waals surface area contributed by atoms with Gasteiger partial charge in [-0.05, 0) is 132 Å². The summed E-state index contributed by atoms with van der Waals surface area (Å²) in [5.41, 5.74) is -1.47. The molecular formula is C73H119ClN12O13. The number of morpholine rings is 1. The topological polar surface area (TPSA) is 279 Å². The van der Waals surface area contributed by atoms with E-state index in [1.165, 1.54) is 81.5 Å². The molecule has 8 rings (SSSR count). The van der Waals surface area contributed by atoms with Crippen LogP contribution in [0.1, 0.15) is 207 Å². The molecule has 99 heavy (non-hydrogen) atoms. The lowest BCUT2D eigenvalue weighted by atomic mass is 9.81. The highest BCUT2D eigenvalue weighted by Gasteiger charge is 2.53. The number of nitrogens with zero attached hydrogens (tertiary/aromatic N) is 9. The van der Waals surface area contributed by atoms with Gasteiger partial charge in [0.15, 0.2) is 0 Å². The first-order valence-corrected chi connectivity index (χ1v) is 38.0. The maximum atomic E-state index is 16.0. The lowest BCUT2D eigenvalue weighted by molar-refractivity contribution is -0.159.